The Kier molecular flexibility index (Phi) is 5.88. The summed E-state index contributed by atoms with van der Waals surface area (Å²) in [7, 11) is 1.64. The van der Waals surface area contributed by atoms with Crippen molar-refractivity contribution in [2.24, 2.45) is 5.92 Å². The van der Waals surface area contributed by atoms with Gasteiger partial charge in [-0.1, -0.05) is 6.07 Å². The van der Waals surface area contributed by atoms with Crippen LogP contribution in [0.25, 0.3) is 0 Å². The number of hydrogen-bond donors (Lipinski definition) is 1. The molecule has 1 aliphatic rings. The molecule has 0 bridgehead atoms. The molecule has 1 amide bonds. The van der Waals surface area contributed by atoms with E-state index >= 15 is 0 Å². The van der Waals surface area contributed by atoms with E-state index in [1.54, 1.807) is 13.1 Å². The quantitative estimate of drug-likeness (QED) is 0.819. The molecule has 5 nitrogen and oxygen atoms in total. The van der Waals surface area contributed by atoms with E-state index in [4.69, 9.17) is 4.74 Å². The highest BCUT2D eigenvalue weighted by Crippen LogP contribution is 2.29. The molecular formula is C20H22F3N3O2. The fourth-order valence-corrected chi connectivity index (χ4v) is 3.14. The van der Waals surface area contributed by atoms with E-state index < -0.39 is 11.7 Å². The van der Waals surface area contributed by atoms with Crippen LogP contribution >= 0.6 is 0 Å². The van der Waals surface area contributed by atoms with E-state index in [0.29, 0.717) is 5.75 Å². The molecule has 1 fully saturated rings. The molecule has 0 spiro atoms. The largest absolute Gasteiger partial charge is 0.487 e. The van der Waals surface area contributed by atoms with Gasteiger partial charge in [-0.25, -0.2) is 0 Å². The monoisotopic (exact) mass is 393 g/mol. The summed E-state index contributed by atoms with van der Waals surface area (Å²) in [6.07, 6.45) is -3.27. The van der Waals surface area contributed by atoms with Crippen molar-refractivity contribution < 1.29 is 22.7 Å². The van der Waals surface area contributed by atoms with E-state index in [2.05, 4.69) is 15.2 Å². The molecule has 0 atom stereocenters. The van der Waals surface area contributed by atoms with Gasteiger partial charge in [-0.05, 0) is 42.3 Å². The smallest absolute Gasteiger partial charge is 0.416 e. The zero-order chi connectivity index (χ0) is 20.3. The maximum Gasteiger partial charge on any atom is 0.416 e. The Balaban J connectivity index is 1.56. The number of pyridine rings is 1. The number of aryl methyl sites for hydroxylation is 1. The number of ether oxygens (including phenoxy) is 1. The minimum atomic E-state index is -4.40. The maximum atomic E-state index is 12.8. The summed E-state index contributed by atoms with van der Waals surface area (Å²) in [5.74, 6) is 0.695. The van der Waals surface area contributed by atoms with Crippen LogP contribution in [0.3, 0.4) is 0 Å². The van der Waals surface area contributed by atoms with Crippen LogP contribution in [0.1, 0.15) is 22.4 Å². The summed E-state index contributed by atoms with van der Waals surface area (Å²) in [6, 6.07) is 7.53. The highest BCUT2D eigenvalue weighted by molar-refractivity contribution is 5.79. The van der Waals surface area contributed by atoms with Crippen molar-refractivity contribution in [2.45, 2.75) is 26.3 Å². The number of rotatable bonds is 6. The van der Waals surface area contributed by atoms with Gasteiger partial charge >= 0.3 is 6.18 Å². The summed E-state index contributed by atoms with van der Waals surface area (Å²) in [4.78, 5) is 17.7. The second-order valence-corrected chi connectivity index (χ2v) is 6.92. The van der Waals surface area contributed by atoms with Crippen LogP contribution in [-0.4, -0.2) is 35.9 Å². The number of hydrogen-bond acceptors (Lipinski definition) is 4. The standard InChI is InChI=1S/C20H22F3N3O2/c1-13-7-18(28-12-17-8-16(5-6-25-17)20(21,22)23)4-3-14(13)9-26-10-15(11-26)19(27)24-2/h3-8,15H,9-12H2,1-2H3,(H,24,27). The van der Waals surface area contributed by atoms with Crippen molar-refractivity contribution >= 4 is 5.91 Å². The van der Waals surface area contributed by atoms with Crippen LogP contribution in [0.5, 0.6) is 5.75 Å². The van der Waals surface area contributed by atoms with Gasteiger partial charge in [0.1, 0.15) is 12.4 Å². The second kappa shape index (κ2) is 8.18. The summed E-state index contributed by atoms with van der Waals surface area (Å²) >= 11 is 0. The molecule has 1 aromatic carbocycles. The van der Waals surface area contributed by atoms with Gasteiger partial charge in [0.05, 0.1) is 17.2 Å². The number of likely N-dealkylation sites (tertiary alicyclic amines) is 1. The molecular weight excluding hydrogens is 371 g/mol. The third kappa shape index (κ3) is 4.81. The van der Waals surface area contributed by atoms with E-state index in [1.807, 2.05) is 19.1 Å². The molecule has 150 valence electrons. The average Bonchev–Trinajstić information content (AvgIpc) is 2.63. The lowest BCUT2D eigenvalue weighted by Crippen LogP contribution is -2.52. The number of carbonyl (C=O) groups excluding carboxylic acids is 1. The van der Waals surface area contributed by atoms with Crippen LogP contribution < -0.4 is 10.1 Å². The highest BCUT2D eigenvalue weighted by Gasteiger charge is 2.32. The number of nitrogens with zero attached hydrogens (tertiary/aromatic N) is 2. The van der Waals surface area contributed by atoms with E-state index in [9.17, 15) is 18.0 Å². The molecule has 2 heterocycles. The number of carbonyl (C=O) groups is 1. The Morgan fingerprint density at radius 1 is 1.29 bits per heavy atom. The molecule has 2 aromatic rings. The molecule has 0 radical (unpaired) electrons. The average molecular weight is 393 g/mol. The topological polar surface area (TPSA) is 54.5 Å². The van der Waals surface area contributed by atoms with Crippen LogP contribution in [0.4, 0.5) is 13.2 Å². The molecule has 1 saturated heterocycles. The zero-order valence-electron chi connectivity index (χ0n) is 15.7. The summed E-state index contributed by atoms with van der Waals surface area (Å²) in [5.41, 5.74) is 1.63. The maximum absolute atomic E-state index is 12.8. The predicted octanol–water partition coefficient (Wildman–Crippen LogP) is 3.17. The summed E-state index contributed by atoms with van der Waals surface area (Å²) in [6.45, 7) is 4.13. The number of nitrogens with one attached hydrogen (secondary N) is 1. The molecule has 8 heteroatoms. The van der Waals surface area contributed by atoms with Crippen molar-refractivity contribution in [1.82, 2.24) is 15.2 Å². The Morgan fingerprint density at radius 2 is 2.04 bits per heavy atom. The number of alkyl halides is 3. The molecule has 0 unspecified atom stereocenters. The second-order valence-electron chi connectivity index (χ2n) is 6.92. The number of halogens is 3. The van der Waals surface area contributed by atoms with Gasteiger partial charge in [0.2, 0.25) is 5.91 Å². The fraction of sp³-hybridized carbons (Fsp3) is 0.400. The van der Waals surface area contributed by atoms with Crippen molar-refractivity contribution in [3.63, 3.8) is 0 Å². The summed E-state index contributed by atoms with van der Waals surface area (Å²) in [5, 5.41) is 2.66. The first-order chi connectivity index (χ1) is 13.3. The molecule has 1 aliphatic heterocycles. The van der Waals surface area contributed by atoms with Gasteiger partial charge < -0.3 is 10.1 Å². The Labute approximate surface area is 161 Å². The third-order valence-electron chi connectivity index (χ3n) is 4.81. The van der Waals surface area contributed by atoms with E-state index in [0.717, 1.165) is 49.1 Å². The number of benzene rings is 1. The van der Waals surface area contributed by atoms with E-state index in [-0.39, 0.29) is 24.1 Å². The van der Waals surface area contributed by atoms with Crippen molar-refractivity contribution in [3.8, 4) is 5.75 Å². The lowest BCUT2D eigenvalue weighted by Gasteiger charge is -2.38. The Morgan fingerprint density at radius 3 is 2.68 bits per heavy atom. The zero-order valence-corrected chi connectivity index (χ0v) is 15.7. The van der Waals surface area contributed by atoms with Gasteiger partial charge in [0, 0.05) is 32.9 Å². The fourth-order valence-electron chi connectivity index (χ4n) is 3.14. The Hall–Kier alpha value is -2.61. The first-order valence-electron chi connectivity index (χ1n) is 8.94. The minimum absolute atomic E-state index is 0.0390. The van der Waals surface area contributed by atoms with Gasteiger partial charge in [-0.2, -0.15) is 13.2 Å². The number of amides is 1. The molecule has 3 rings (SSSR count). The highest BCUT2D eigenvalue weighted by atomic mass is 19.4. The van der Waals surface area contributed by atoms with Gasteiger partial charge in [-0.15, -0.1) is 0 Å². The Bertz CT molecular complexity index is 849. The van der Waals surface area contributed by atoms with Crippen LogP contribution in [0.2, 0.25) is 0 Å². The van der Waals surface area contributed by atoms with Gasteiger partial charge in [0.25, 0.3) is 0 Å². The van der Waals surface area contributed by atoms with Crippen LogP contribution in [0, 0.1) is 12.8 Å². The van der Waals surface area contributed by atoms with Crippen LogP contribution in [-0.2, 0) is 24.1 Å². The molecule has 28 heavy (non-hydrogen) atoms. The van der Waals surface area contributed by atoms with Crippen LogP contribution in [0.15, 0.2) is 36.5 Å². The first-order valence-corrected chi connectivity index (χ1v) is 8.94. The van der Waals surface area contributed by atoms with Crippen molar-refractivity contribution in [1.29, 1.82) is 0 Å². The lowest BCUT2D eigenvalue weighted by atomic mass is 9.97. The predicted molar refractivity (Wildman–Crippen MR) is 97.6 cm³/mol. The molecule has 1 N–H and O–H groups in total. The van der Waals surface area contributed by atoms with Crippen molar-refractivity contribution in [3.05, 3.63) is 58.9 Å². The molecule has 1 aromatic heterocycles. The number of aromatic nitrogens is 1. The minimum Gasteiger partial charge on any atom is -0.487 e. The normalized spacial score (nSPS) is 15.2. The first kappa shape index (κ1) is 20.1. The SMILES string of the molecule is CNC(=O)C1CN(Cc2ccc(OCc3cc(C(F)(F)F)ccn3)cc2C)C1. The lowest BCUT2D eigenvalue weighted by molar-refractivity contribution is -0.137. The molecule has 0 aliphatic carbocycles. The van der Waals surface area contributed by atoms with E-state index in [1.165, 1.54) is 0 Å². The third-order valence-corrected chi connectivity index (χ3v) is 4.81. The van der Waals surface area contributed by atoms with Crippen molar-refractivity contribution in [2.75, 3.05) is 20.1 Å². The van der Waals surface area contributed by atoms with Gasteiger partial charge in [0.15, 0.2) is 0 Å². The summed E-state index contributed by atoms with van der Waals surface area (Å²) < 4.78 is 43.9. The molecule has 0 saturated carbocycles. The van der Waals surface area contributed by atoms with Gasteiger partial charge in [-0.3, -0.25) is 14.7 Å².